The third-order valence-corrected chi connectivity index (χ3v) is 3.31. The fourth-order valence-electron chi connectivity index (χ4n) is 2.07. The Morgan fingerprint density at radius 2 is 1.76 bits per heavy atom. The highest BCUT2D eigenvalue weighted by atomic mass is 16.6. The minimum atomic E-state index is -0.521. The number of nitro groups is 1. The first-order valence-electron chi connectivity index (χ1n) is 7.42. The molecular formula is C18H17N3O4. The molecule has 0 aliphatic rings. The Morgan fingerprint density at radius 3 is 2.36 bits per heavy atom. The average Bonchev–Trinajstić information content (AvgIpc) is 2.61. The second-order valence-corrected chi connectivity index (χ2v) is 5.43. The van der Waals surface area contributed by atoms with E-state index in [0.29, 0.717) is 11.1 Å². The molecule has 2 aromatic rings. The first kappa shape index (κ1) is 17.9. The first-order valence-corrected chi connectivity index (χ1v) is 7.42. The Labute approximate surface area is 144 Å². The number of carbonyl (C=O) groups is 2. The molecule has 0 saturated heterocycles. The van der Waals surface area contributed by atoms with E-state index in [9.17, 15) is 19.7 Å². The minimum absolute atomic E-state index is 0.0272. The summed E-state index contributed by atoms with van der Waals surface area (Å²) in [5, 5.41) is 13.5. The fraction of sp³-hybridized carbons (Fsp3) is 0.111. The second kappa shape index (κ2) is 7.87. The van der Waals surface area contributed by atoms with Crippen LogP contribution in [0.5, 0.6) is 0 Å². The van der Waals surface area contributed by atoms with Crippen LogP contribution >= 0.6 is 0 Å². The molecule has 1 N–H and O–H groups in total. The molecule has 0 bridgehead atoms. The molecule has 128 valence electrons. The molecule has 2 aromatic carbocycles. The van der Waals surface area contributed by atoms with Crippen LogP contribution in [-0.4, -0.2) is 35.7 Å². The molecule has 2 amide bonds. The molecule has 7 heteroatoms. The number of rotatable bonds is 5. The summed E-state index contributed by atoms with van der Waals surface area (Å²) in [4.78, 5) is 36.3. The Morgan fingerprint density at radius 1 is 1.08 bits per heavy atom. The van der Waals surface area contributed by atoms with Gasteiger partial charge >= 0.3 is 0 Å². The van der Waals surface area contributed by atoms with Crippen LogP contribution in [0.1, 0.15) is 15.9 Å². The monoisotopic (exact) mass is 339 g/mol. The predicted molar refractivity (Wildman–Crippen MR) is 93.7 cm³/mol. The van der Waals surface area contributed by atoms with Crippen LogP contribution < -0.4 is 5.32 Å². The van der Waals surface area contributed by atoms with Gasteiger partial charge in [-0.25, -0.2) is 0 Å². The zero-order valence-corrected chi connectivity index (χ0v) is 13.8. The molecule has 0 saturated carbocycles. The van der Waals surface area contributed by atoms with E-state index in [0.717, 1.165) is 0 Å². The maximum atomic E-state index is 12.3. The number of non-ortho nitro benzene ring substituents is 1. The third kappa shape index (κ3) is 4.74. The van der Waals surface area contributed by atoms with Gasteiger partial charge in [0.2, 0.25) is 0 Å². The van der Waals surface area contributed by atoms with Crippen LogP contribution in [0.15, 0.2) is 60.3 Å². The maximum Gasteiger partial charge on any atom is 0.270 e. The molecule has 0 radical (unpaired) electrons. The first-order chi connectivity index (χ1) is 11.9. The highest BCUT2D eigenvalue weighted by Gasteiger charge is 2.16. The summed E-state index contributed by atoms with van der Waals surface area (Å²) < 4.78 is 0. The summed E-state index contributed by atoms with van der Waals surface area (Å²) in [5.41, 5.74) is 0.769. The van der Waals surface area contributed by atoms with E-state index < -0.39 is 16.7 Å². The summed E-state index contributed by atoms with van der Waals surface area (Å²) in [6.45, 7) is 0. The largest absolute Gasteiger partial charge is 0.344 e. The van der Waals surface area contributed by atoms with Crippen molar-refractivity contribution >= 4 is 23.6 Å². The van der Waals surface area contributed by atoms with E-state index in [1.54, 1.807) is 50.5 Å². The molecule has 0 fully saturated rings. The van der Waals surface area contributed by atoms with E-state index in [4.69, 9.17) is 0 Å². The van der Waals surface area contributed by atoms with Crippen molar-refractivity contribution in [3.8, 4) is 0 Å². The molecule has 0 heterocycles. The van der Waals surface area contributed by atoms with Gasteiger partial charge in [0.25, 0.3) is 17.5 Å². The molecular weight excluding hydrogens is 322 g/mol. The van der Waals surface area contributed by atoms with Gasteiger partial charge in [0.05, 0.1) is 4.92 Å². The van der Waals surface area contributed by atoms with Crippen LogP contribution in [0, 0.1) is 10.1 Å². The lowest BCUT2D eigenvalue weighted by molar-refractivity contribution is -0.384. The van der Waals surface area contributed by atoms with Gasteiger partial charge in [0.15, 0.2) is 0 Å². The summed E-state index contributed by atoms with van der Waals surface area (Å²) >= 11 is 0. The molecule has 0 aliphatic carbocycles. The molecule has 0 aliphatic heterocycles. The number of hydrogen-bond acceptors (Lipinski definition) is 4. The van der Waals surface area contributed by atoms with Crippen LogP contribution in [-0.2, 0) is 4.79 Å². The summed E-state index contributed by atoms with van der Waals surface area (Å²) in [6, 6.07) is 14.3. The van der Waals surface area contributed by atoms with Crippen LogP contribution in [0.25, 0.3) is 6.08 Å². The Hall–Kier alpha value is -3.48. The second-order valence-electron chi connectivity index (χ2n) is 5.43. The van der Waals surface area contributed by atoms with Crippen molar-refractivity contribution in [1.29, 1.82) is 0 Å². The predicted octanol–water partition coefficient (Wildman–Crippen LogP) is 2.45. The normalized spacial score (nSPS) is 10.9. The number of hydrogen-bond donors (Lipinski definition) is 1. The van der Waals surface area contributed by atoms with Crippen LogP contribution in [0.2, 0.25) is 0 Å². The molecule has 25 heavy (non-hydrogen) atoms. The minimum Gasteiger partial charge on any atom is -0.344 e. The molecule has 0 unspecified atom stereocenters. The number of amides is 2. The lowest BCUT2D eigenvalue weighted by Crippen LogP contribution is -2.34. The van der Waals surface area contributed by atoms with E-state index >= 15 is 0 Å². The molecule has 0 spiro atoms. The van der Waals surface area contributed by atoms with Gasteiger partial charge in [-0.15, -0.1) is 0 Å². The number of nitro benzene ring substituents is 1. The van der Waals surface area contributed by atoms with Crippen molar-refractivity contribution in [2.24, 2.45) is 0 Å². The molecule has 0 atom stereocenters. The van der Waals surface area contributed by atoms with E-state index in [-0.39, 0.29) is 11.4 Å². The van der Waals surface area contributed by atoms with E-state index in [2.05, 4.69) is 5.32 Å². The SMILES string of the molecule is CN(C)C(=O)C(=Cc1cccc([N+](=O)[O-])c1)NC(=O)c1ccccc1. The number of nitrogens with zero attached hydrogens (tertiary/aromatic N) is 2. The number of nitrogens with one attached hydrogen (secondary N) is 1. The summed E-state index contributed by atoms with van der Waals surface area (Å²) in [6.07, 6.45) is 1.41. The Bertz CT molecular complexity index is 829. The smallest absolute Gasteiger partial charge is 0.270 e. The van der Waals surface area contributed by atoms with E-state index in [1.807, 2.05) is 0 Å². The quantitative estimate of drug-likeness (QED) is 0.514. The number of benzene rings is 2. The Balaban J connectivity index is 2.36. The van der Waals surface area contributed by atoms with Crippen molar-refractivity contribution < 1.29 is 14.5 Å². The standard InChI is InChI=1S/C18H17N3O4/c1-20(2)18(23)16(19-17(22)14-8-4-3-5-9-14)12-13-7-6-10-15(11-13)21(24)25/h3-12H,1-2H3,(H,19,22). The number of likely N-dealkylation sites (N-methyl/N-ethyl adjacent to an activating group) is 1. The lowest BCUT2D eigenvalue weighted by atomic mass is 10.1. The zero-order valence-electron chi connectivity index (χ0n) is 13.8. The zero-order chi connectivity index (χ0) is 18.4. The Kier molecular flexibility index (Phi) is 5.62. The summed E-state index contributed by atoms with van der Waals surface area (Å²) in [5.74, 6) is -0.858. The molecule has 0 aromatic heterocycles. The van der Waals surface area contributed by atoms with Crippen molar-refractivity contribution in [2.75, 3.05) is 14.1 Å². The van der Waals surface area contributed by atoms with Crippen LogP contribution in [0.4, 0.5) is 5.69 Å². The van der Waals surface area contributed by atoms with E-state index in [1.165, 1.54) is 29.2 Å². The van der Waals surface area contributed by atoms with Gasteiger partial charge < -0.3 is 10.2 Å². The highest BCUT2D eigenvalue weighted by Crippen LogP contribution is 2.16. The van der Waals surface area contributed by atoms with Gasteiger partial charge in [-0.1, -0.05) is 30.3 Å². The van der Waals surface area contributed by atoms with Crippen molar-refractivity contribution in [3.05, 3.63) is 81.5 Å². The van der Waals surface area contributed by atoms with Gasteiger partial charge in [-0.2, -0.15) is 0 Å². The van der Waals surface area contributed by atoms with Gasteiger partial charge in [-0.3, -0.25) is 19.7 Å². The number of carbonyl (C=O) groups excluding carboxylic acids is 2. The summed E-state index contributed by atoms with van der Waals surface area (Å²) in [7, 11) is 3.11. The third-order valence-electron chi connectivity index (χ3n) is 3.31. The molecule has 2 rings (SSSR count). The lowest BCUT2D eigenvalue weighted by Gasteiger charge is -2.15. The van der Waals surface area contributed by atoms with Crippen molar-refractivity contribution in [3.63, 3.8) is 0 Å². The van der Waals surface area contributed by atoms with Crippen molar-refractivity contribution in [1.82, 2.24) is 10.2 Å². The fourth-order valence-corrected chi connectivity index (χ4v) is 2.07. The molecule has 7 nitrogen and oxygen atoms in total. The van der Waals surface area contributed by atoms with Gasteiger partial charge in [0.1, 0.15) is 5.70 Å². The van der Waals surface area contributed by atoms with Gasteiger partial charge in [-0.05, 0) is 23.8 Å². The van der Waals surface area contributed by atoms with Crippen LogP contribution in [0.3, 0.4) is 0 Å². The topological polar surface area (TPSA) is 92.6 Å². The van der Waals surface area contributed by atoms with Gasteiger partial charge in [0, 0.05) is 31.8 Å². The average molecular weight is 339 g/mol. The highest BCUT2D eigenvalue weighted by molar-refractivity contribution is 6.05. The maximum absolute atomic E-state index is 12.3. The van der Waals surface area contributed by atoms with Crippen molar-refractivity contribution in [2.45, 2.75) is 0 Å².